The highest BCUT2D eigenvalue weighted by molar-refractivity contribution is 6.37. The molecule has 0 aliphatic rings. The van der Waals surface area contributed by atoms with Crippen molar-refractivity contribution in [3.63, 3.8) is 0 Å². The molecular formula is C10H10Cl2N2O3. The van der Waals surface area contributed by atoms with Gasteiger partial charge in [0.25, 0.3) is 0 Å². The lowest BCUT2D eigenvalue weighted by molar-refractivity contribution is -0.117. The summed E-state index contributed by atoms with van der Waals surface area (Å²) in [5.74, 6) is -1.78. The van der Waals surface area contributed by atoms with E-state index in [-0.39, 0.29) is 21.3 Å². The zero-order valence-electron chi connectivity index (χ0n) is 8.83. The van der Waals surface area contributed by atoms with Gasteiger partial charge in [0.1, 0.15) is 5.56 Å². The molecule has 1 aromatic carbocycles. The molecule has 0 aliphatic carbocycles. The highest BCUT2D eigenvalue weighted by Crippen LogP contribution is 2.29. The van der Waals surface area contributed by atoms with E-state index in [1.807, 2.05) is 0 Å². The summed E-state index contributed by atoms with van der Waals surface area (Å²) in [7, 11) is 0. The predicted octanol–water partition coefficient (Wildman–Crippen LogP) is 1.98. The highest BCUT2D eigenvalue weighted by Gasteiger charge is 2.18. The maximum atomic E-state index is 11.4. The van der Waals surface area contributed by atoms with Crippen molar-refractivity contribution in [3.8, 4) is 0 Å². The molecule has 92 valence electrons. The molecule has 0 fully saturated rings. The summed E-state index contributed by atoms with van der Waals surface area (Å²) < 4.78 is 0. The van der Waals surface area contributed by atoms with Crippen LogP contribution in [0.5, 0.6) is 0 Å². The maximum Gasteiger partial charge on any atom is 0.339 e. The largest absolute Gasteiger partial charge is 0.478 e. The number of anilines is 1. The number of nitrogens with one attached hydrogen (secondary N) is 1. The lowest BCUT2D eigenvalue weighted by Crippen LogP contribution is -2.33. The molecule has 0 saturated heterocycles. The molecule has 1 aromatic rings. The Hall–Kier alpha value is -1.30. The van der Waals surface area contributed by atoms with E-state index in [4.69, 9.17) is 34.0 Å². The van der Waals surface area contributed by atoms with Crippen LogP contribution >= 0.6 is 23.2 Å². The molecule has 17 heavy (non-hydrogen) atoms. The van der Waals surface area contributed by atoms with Crippen LogP contribution in [0.1, 0.15) is 17.3 Å². The van der Waals surface area contributed by atoms with Gasteiger partial charge in [0.15, 0.2) is 0 Å². The molecule has 4 N–H and O–H groups in total. The van der Waals surface area contributed by atoms with Crippen molar-refractivity contribution in [1.82, 2.24) is 0 Å². The van der Waals surface area contributed by atoms with Gasteiger partial charge in [-0.05, 0) is 19.1 Å². The molecule has 0 aliphatic heterocycles. The number of carbonyl (C=O) groups excluding carboxylic acids is 1. The molecule has 0 saturated carbocycles. The van der Waals surface area contributed by atoms with Crippen molar-refractivity contribution in [2.75, 3.05) is 5.32 Å². The Morgan fingerprint density at radius 2 is 2.00 bits per heavy atom. The summed E-state index contributed by atoms with van der Waals surface area (Å²) in [6, 6.07) is 1.82. The number of amides is 1. The van der Waals surface area contributed by atoms with Gasteiger partial charge in [0.2, 0.25) is 5.91 Å². The molecule has 0 bridgehead atoms. The van der Waals surface area contributed by atoms with Crippen LogP contribution in [0.2, 0.25) is 10.0 Å². The van der Waals surface area contributed by atoms with E-state index in [9.17, 15) is 9.59 Å². The molecule has 7 heteroatoms. The van der Waals surface area contributed by atoms with Gasteiger partial charge < -0.3 is 16.2 Å². The first-order chi connectivity index (χ1) is 7.82. The van der Waals surface area contributed by atoms with Crippen molar-refractivity contribution < 1.29 is 14.7 Å². The lowest BCUT2D eigenvalue weighted by atomic mass is 10.1. The Balaban J connectivity index is 3.21. The number of carboxylic acids is 1. The molecule has 5 nitrogen and oxygen atoms in total. The Bertz CT molecular complexity index is 475. The smallest absolute Gasteiger partial charge is 0.339 e. The number of carboxylic acid groups (broad SMARTS) is 1. The van der Waals surface area contributed by atoms with Crippen molar-refractivity contribution in [2.24, 2.45) is 5.73 Å². The van der Waals surface area contributed by atoms with Crippen LogP contribution in [-0.2, 0) is 4.79 Å². The van der Waals surface area contributed by atoms with Gasteiger partial charge >= 0.3 is 5.97 Å². The normalized spacial score (nSPS) is 12.0. The molecule has 0 heterocycles. The fourth-order valence-electron chi connectivity index (χ4n) is 1.14. The van der Waals surface area contributed by atoms with Gasteiger partial charge in [-0.25, -0.2) is 4.79 Å². The number of aromatic carboxylic acids is 1. The molecule has 0 aromatic heterocycles. The molecule has 1 rings (SSSR count). The molecule has 1 amide bonds. The summed E-state index contributed by atoms with van der Waals surface area (Å²) in [5, 5.41) is 11.5. The highest BCUT2D eigenvalue weighted by atomic mass is 35.5. The lowest BCUT2D eigenvalue weighted by Gasteiger charge is -2.12. The van der Waals surface area contributed by atoms with E-state index in [1.165, 1.54) is 19.1 Å². The molecule has 1 unspecified atom stereocenters. The Morgan fingerprint density at radius 1 is 1.41 bits per heavy atom. The van der Waals surface area contributed by atoms with Gasteiger partial charge in [-0.15, -0.1) is 0 Å². The number of benzene rings is 1. The summed E-state index contributed by atoms with van der Waals surface area (Å²) in [5.41, 5.74) is 5.17. The minimum Gasteiger partial charge on any atom is -0.478 e. The van der Waals surface area contributed by atoms with Crippen LogP contribution < -0.4 is 11.1 Å². The number of hydrogen-bond donors (Lipinski definition) is 3. The average Bonchev–Trinajstić information content (AvgIpc) is 2.14. The third kappa shape index (κ3) is 3.33. The number of rotatable bonds is 3. The van der Waals surface area contributed by atoms with E-state index in [0.29, 0.717) is 0 Å². The van der Waals surface area contributed by atoms with E-state index in [2.05, 4.69) is 5.32 Å². The van der Waals surface area contributed by atoms with Gasteiger partial charge in [-0.1, -0.05) is 23.2 Å². The first kappa shape index (κ1) is 13.8. The Kier molecular flexibility index (Phi) is 4.34. The molecular weight excluding hydrogens is 267 g/mol. The first-order valence-corrected chi connectivity index (χ1v) is 5.37. The Morgan fingerprint density at radius 3 is 2.47 bits per heavy atom. The second-order valence-corrected chi connectivity index (χ2v) is 4.24. The van der Waals surface area contributed by atoms with Crippen LogP contribution in [0.15, 0.2) is 12.1 Å². The van der Waals surface area contributed by atoms with E-state index in [0.717, 1.165) is 0 Å². The second kappa shape index (κ2) is 5.35. The monoisotopic (exact) mass is 276 g/mol. The fourth-order valence-corrected chi connectivity index (χ4v) is 1.71. The van der Waals surface area contributed by atoms with E-state index < -0.39 is 17.9 Å². The maximum absolute atomic E-state index is 11.4. The van der Waals surface area contributed by atoms with Crippen LogP contribution in [-0.4, -0.2) is 23.0 Å². The SMILES string of the molecule is CC(N)C(=O)Nc1cc(Cl)cc(Cl)c1C(=O)O. The minimum atomic E-state index is -1.26. The van der Waals surface area contributed by atoms with E-state index in [1.54, 1.807) is 0 Å². The number of hydrogen-bond acceptors (Lipinski definition) is 3. The summed E-state index contributed by atoms with van der Waals surface area (Å²) in [6.07, 6.45) is 0. The average molecular weight is 277 g/mol. The van der Waals surface area contributed by atoms with Crippen LogP contribution in [0.4, 0.5) is 5.69 Å². The van der Waals surface area contributed by atoms with Crippen molar-refractivity contribution in [3.05, 3.63) is 27.7 Å². The summed E-state index contributed by atoms with van der Waals surface area (Å²) in [4.78, 5) is 22.4. The van der Waals surface area contributed by atoms with Crippen molar-refractivity contribution in [2.45, 2.75) is 13.0 Å². The van der Waals surface area contributed by atoms with Gasteiger partial charge in [-0.3, -0.25) is 4.79 Å². The summed E-state index contributed by atoms with van der Waals surface area (Å²) in [6.45, 7) is 1.47. The van der Waals surface area contributed by atoms with Crippen LogP contribution in [0.25, 0.3) is 0 Å². The third-order valence-electron chi connectivity index (χ3n) is 1.94. The number of nitrogens with two attached hydrogens (primary N) is 1. The topological polar surface area (TPSA) is 92.4 Å². The zero-order chi connectivity index (χ0) is 13.2. The first-order valence-electron chi connectivity index (χ1n) is 4.61. The standard InChI is InChI=1S/C10H10Cl2N2O3/c1-4(13)9(15)14-7-3-5(11)2-6(12)8(7)10(16)17/h2-4H,13H2,1H3,(H,14,15)(H,16,17). The number of carbonyl (C=O) groups is 2. The minimum absolute atomic E-state index is 0.0253. The Labute approximate surface area is 108 Å². The number of halogens is 2. The second-order valence-electron chi connectivity index (χ2n) is 3.39. The summed E-state index contributed by atoms with van der Waals surface area (Å²) >= 11 is 11.5. The zero-order valence-corrected chi connectivity index (χ0v) is 10.3. The van der Waals surface area contributed by atoms with Crippen LogP contribution in [0, 0.1) is 0 Å². The van der Waals surface area contributed by atoms with Crippen molar-refractivity contribution >= 4 is 40.8 Å². The van der Waals surface area contributed by atoms with Crippen LogP contribution in [0.3, 0.4) is 0 Å². The fraction of sp³-hybridized carbons (Fsp3) is 0.200. The quantitative estimate of drug-likeness (QED) is 0.787. The molecule has 0 radical (unpaired) electrons. The molecule has 1 atom stereocenters. The third-order valence-corrected chi connectivity index (χ3v) is 2.46. The molecule has 0 spiro atoms. The van der Waals surface area contributed by atoms with Crippen molar-refractivity contribution in [1.29, 1.82) is 0 Å². The predicted molar refractivity (Wildman–Crippen MR) is 65.7 cm³/mol. The van der Waals surface area contributed by atoms with Gasteiger partial charge in [0, 0.05) is 5.02 Å². The van der Waals surface area contributed by atoms with Gasteiger partial charge in [0.05, 0.1) is 16.8 Å². The van der Waals surface area contributed by atoms with E-state index >= 15 is 0 Å². The van der Waals surface area contributed by atoms with Gasteiger partial charge in [-0.2, -0.15) is 0 Å².